The lowest BCUT2D eigenvalue weighted by Crippen LogP contribution is -2.17. The highest BCUT2D eigenvalue weighted by Crippen LogP contribution is 2.18. The van der Waals surface area contributed by atoms with Crippen molar-refractivity contribution in [3.63, 3.8) is 0 Å². The Morgan fingerprint density at radius 3 is 2.60 bits per heavy atom. The molecule has 0 aliphatic rings. The van der Waals surface area contributed by atoms with Gasteiger partial charge in [0.05, 0.1) is 0 Å². The monoisotopic (exact) mass is 206 g/mol. The van der Waals surface area contributed by atoms with Crippen molar-refractivity contribution in [2.24, 2.45) is 0 Å². The van der Waals surface area contributed by atoms with E-state index < -0.39 is 0 Å². The van der Waals surface area contributed by atoms with Gasteiger partial charge in [0.2, 0.25) is 0 Å². The van der Waals surface area contributed by atoms with E-state index in [-0.39, 0.29) is 0 Å². The fourth-order valence-electron chi connectivity index (χ4n) is 1.73. The van der Waals surface area contributed by atoms with Crippen molar-refractivity contribution in [3.8, 4) is 0 Å². The molecule has 0 heterocycles. The van der Waals surface area contributed by atoms with Crippen molar-refractivity contribution in [2.75, 3.05) is 11.1 Å². The molecule has 0 fully saturated rings. The standard InChI is InChI=1S/C13H22N2/c1-4-6-11(5-2)15-12-7-8-13(14)10(3)9-12/h7-9,11,15H,4-6,14H2,1-3H3. The van der Waals surface area contributed by atoms with Gasteiger partial charge in [-0.05, 0) is 43.5 Å². The predicted molar refractivity (Wildman–Crippen MR) is 68.2 cm³/mol. The first-order valence-corrected chi connectivity index (χ1v) is 5.80. The van der Waals surface area contributed by atoms with Gasteiger partial charge in [-0.25, -0.2) is 0 Å². The van der Waals surface area contributed by atoms with E-state index >= 15 is 0 Å². The maximum atomic E-state index is 5.78. The third-order valence-corrected chi connectivity index (χ3v) is 2.77. The van der Waals surface area contributed by atoms with Crippen LogP contribution < -0.4 is 11.1 Å². The van der Waals surface area contributed by atoms with Crippen LogP contribution >= 0.6 is 0 Å². The van der Waals surface area contributed by atoms with E-state index in [2.05, 4.69) is 31.3 Å². The molecule has 0 radical (unpaired) electrons. The molecule has 0 amide bonds. The van der Waals surface area contributed by atoms with Gasteiger partial charge in [0.25, 0.3) is 0 Å². The summed E-state index contributed by atoms with van der Waals surface area (Å²) in [4.78, 5) is 0. The molecule has 1 unspecified atom stereocenters. The summed E-state index contributed by atoms with van der Waals surface area (Å²) in [7, 11) is 0. The normalized spacial score (nSPS) is 12.5. The van der Waals surface area contributed by atoms with Crippen LogP contribution in [0.5, 0.6) is 0 Å². The molecule has 0 saturated carbocycles. The SMILES string of the molecule is CCCC(CC)Nc1ccc(N)c(C)c1. The van der Waals surface area contributed by atoms with Crippen LogP contribution in [0.3, 0.4) is 0 Å². The number of nitrogens with one attached hydrogen (secondary N) is 1. The summed E-state index contributed by atoms with van der Waals surface area (Å²) in [5.74, 6) is 0. The summed E-state index contributed by atoms with van der Waals surface area (Å²) in [6, 6.07) is 6.72. The average molecular weight is 206 g/mol. The molecular formula is C13H22N2. The second kappa shape index (κ2) is 5.64. The Labute approximate surface area is 92.9 Å². The first-order valence-electron chi connectivity index (χ1n) is 5.80. The Morgan fingerprint density at radius 2 is 2.07 bits per heavy atom. The molecule has 0 saturated heterocycles. The minimum absolute atomic E-state index is 0.582. The molecule has 1 aromatic rings. The van der Waals surface area contributed by atoms with Gasteiger partial charge in [0, 0.05) is 17.4 Å². The minimum atomic E-state index is 0.582. The maximum Gasteiger partial charge on any atom is 0.0346 e. The minimum Gasteiger partial charge on any atom is -0.399 e. The summed E-state index contributed by atoms with van der Waals surface area (Å²) in [5, 5.41) is 3.54. The van der Waals surface area contributed by atoms with Gasteiger partial charge in [-0.1, -0.05) is 20.3 Å². The molecule has 3 N–H and O–H groups in total. The van der Waals surface area contributed by atoms with Gasteiger partial charge < -0.3 is 11.1 Å². The highest BCUT2D eigenvalue weighted by molar-refractivity contribution is 5.56. The fraction of sp³-hybridized carbons (Fsp3) is 0.538. The Morgan fingerprint density at radius 1 is 1.33 bits per heavy atom. The van der Waals surface area contributed by atoms with Crippen LogP contribution in [0.15, 0.2) is 18.2 Å². The highest BCUT2D eigenvalue weighted by Gasteiger charge is 2.04. The second-order valence-electron chi connectivity index (χ2n) is 4.11. The molecule has 0 spiro atoms. The van der Waals surface area contributed by atoms with E-state index in [1.807, 2.05) is 13.0 Å². The first-order chi connectivity index (χ1) is 7.17. The van der Waals surface area contributed by atoms with Crippen LogP contribution in [0.25, 0.3) is 0 Å². The lowest BCUT2D eigenvalue weighted by molar-refractivity contribution is 0.623. The van der Waals surface area contributed by atoms with Crippen molar-refractivity contribution in [3.05, 3.63) is 23.8 Å². The zero-order valence-corrected chi connectivity index (χ0v) is 10.0. The lowest BCUT2D eigenvalue weighted by Gasteiger charge is -2.18. The van der Waals surface area contributed by atoms with Crippen molar-refractivity contribution in [2.45, 2.75) is 46.1 Å². The Kier molecular flexibility index (Phi) is 4.47. The molecule has 0 bridgehead atoms. The zero-order valence-electron chi connectivity index (χ0n) is 10.0. The lowest BCUT2D eigenvalue weighted by atomic mass is 10.1. The van der Waals surface area contributed by atoms with Crippen LogP contribution in [-0.2, 0) is 0 Å². The number of benzene rings is 1. The molecule has 1 atom stereocenters. The quantitative estimate of drug-likeness (QED) is 0.723. The van der Waals surface area contributed by atoms with Gasteiger partial charge in [0.15, 0.2) is 0 Å². The predicted octanol–water partition coefficient (Wildman–Crippen LogP) is 3.57. The third-order valence-electron chi connectivity index (χ3n) is 2.77. The molecule has 2 nitrogen and oxygen atoms in total. The van der Waals surface area contributed by atoms with E-state index in [9.17, 15) is 0 Å². The largest absolute Gasteiger partial charge is 0.399 e. The Balaban J connectivity index is 2.66. The summed E-state index contributed by atoms with van der Waals surface area (Å²) < 4.78 is 0. The van der Waals surface area contributed by atoms with Gasteiger partial charge in [-0.3, -0.25) is 0 Å². The molecule has 1 aromatic carbocycles. The average Bonchev–Trinajstić information content (AvgIpc) is 2.23. The number of nitrogens with two attached hydrogens (primary N) is 1. The maximum absolute atomic E-state index is 5.78. The summed E-state index contributed by atoms with van der Waals surface area (Å²) in [5.41, 5.74) is 8.97. The number of rotatable bonds is 5. The second-order valence-corrected chi connectivity index (χ2v) is 4.11. The number of hydrogen-bond acceptors (Lipinski definition) is 2. The van der Waals surface area contributed by atoms with Crippen molar-refractivity contribution >= 4 is 11.4 Å². The molecule has 0 aliphatic heterocycles. The van der Waals surface area contributed by atoms with Crippen LogP contribution in [0.2, 0.25) is 0 Å². The van der Waals surface area contributed by atoms with Crippen molar-refractivity contribution in [1.29, 1.82) is 0 Å². The molecule has 0 aromatic heterocycles. The van der Waals surface area contributed by atoms with E-state index in [4.69, 9.17) is 5.73 Å². The molecule has 2 heteroatoms. The zero-order chi connectivity index (χ0) is 11.3. The Bertz CT molecular complexity index is 307. The third kappa shape index (κ3) is 3.46. The van der Waals surface area contributed by atoms with Crippen LogP contribution in [0.4, 0.5) is 11.4 Å². The number of nitrogen functional groups attached to an aromatic ring is 1. The molecule has 0 aliphatic carbocycles. The first kappa shape index (κ1) is 11.9. The summed E-state index contributed by atoms with van der Waals surface area (Å²) in [6.07, 6.45) is 3.61. The number of hydrogen-bond donors (Lipinski definition) is 2. The van der Waals surface area contributed by atoms with E-state index in [1.54, 1.807) is 0 Å². The van der Waals surface area contributed by atoms with Crippen molar-refractivity contribution < 1.29 is 0 Å². The molecule has 15 heavy (non-hydrogen) atoms. The Hall–Kier alpha value is -1.18. The van der Waals surface area contributed by atoms with E-state index in [0.29, 0.717) is 6.04 Å². The smallest absolute Gasteiger partial charge is 0.0346 e. The summed E-state index contributed by atoms with van der Waals surface area (Å²) in [6.45, 7) is 6.48. The topological polar surface area (TPSA) is 38.0 Å². The van der Waals surface area contributed by atoms with Gasteiger partial charge in [-0.15, -0.1) is 0 Å². The molecular weight excluding hydrogens is 184 g/mol. The van der Waals surface area contributed by atoms with Crippen molar-refractivity contribution in [1.82, 2.24) is 0 Å². The number of anilines is 2. The van der Waals surface area contributed by atoms with Crippen LogP contribution in [0.1, 0.15) is 38.7 Å². The van der Waals surface area contributed by atoms with E-state index in [1.165, 1.54) is 18.5 Å². The van der Waals surface area contributed by atoms with Gasteiger partial charge >= 0.3 is 0 Å². The summed E-state index contributed by atoms with van der Waals surface area (Å²) >= 11 is 0. The van der Waals surface area contributed by atoms with Gasteiger partial charge in [-0.2, -0.15) is 0 Å². The number of aryl methyl sites for hydroxylation is 1. The highest BCUT2D eigenvalue weighted by atomic mass is 14.9. The van der Waals surface area contributed by atoms with Gasteiger partial charge in [0.1, 0.15) is 0 Å². The van der Waals surface area contributed by atoms with Crippen LogP contribution in [0, 0.1) is 6.92 Å². The van der Waals surface area contributed by atoms with Crippen LogP contribution in [-0.4, -0.2) is 6.04 Å². The molecule has 84 valence electrons. The fourth-order valence-corrected chi connectivity index (χ4v) is 1.73. The van der Waals surface area contributed by atoms with E-state index in [0.717, 1.165) is 17.7 Å². The molecule has 1 rings (SSSR count).